The van der Waals surface area contributed by atoms with Crippen molar-refractivity contribution in [3.8, 4) is 0 Å². The number of aryl methyl sites for hydroxylation is 1. The van der Waals surface area contributed by atoms with Crippen LogP contribution in [-0.4, -0.2) is 14.5 Å². The molecule has 0 amide bonds. The maximum absolute atomic E-state index is 12.0. The van der Waals surface area contributed by atoms with Gasteiger partial charge >= 0.3 is 5.69 Å². The number of aromatic nitrogens is 2. The van der Waals surface area contributed by atoms with Gasteiger partial charge in [0.1, 0.15) is 0 Å². The van der Waals surface area contributed by atoms with Crippen LogP contribution in [0.25, 0.3) is 11.0 Å². The molecule has 0 atom stereocenters. The van der Waals surface area contributed by atoms with E-state index in [-0.39, 0.29) is 11.4 Å². The monoisotopic (exact) mass is 305 g/mol. The minimum absolute atomic E-state index is 0.00294. The lowest BCUT2D eigenvalue weighted by Gasteiger charge is -2.04. The first-order valence-electron chi connectivity index (χ1n) is 8.00. The number of rotatable bonds is 9. The number of imidazole rings is 1. The average molecular weight is 305 g/mol. The van der Waals surface area contributed by atoms with Gasteiger partial charge in [-0.15, -0.1) is 0 Å². The summed E-state index contributed by atoms with van der Waals surface area (Å²) in [6, 6.07) is 4.50. The van der Waals surface area contributed by atoms with Gasteiger partial charge in [-0.3, -0.25) is 14.7 Å². The molecule has 6 nitrogen and oxygen atoms in total. The van der Waals surface area contributed by atoms with Crippen molar-refractivity contribution in [1.29, 1.82) is 0 Å². The number of unbranched alkanes of at least 4 members (excludes halogenated alkanes) is 6. The smallest absolute Gasteiger partial charge is 0.305 e. The zero-order valence-corrected chi connectivity index (χ0v) is 13.0. The Morgan fingerprint density at radius 1 is 1.14 bits per heavy atom. The van der Waals surface area contributed by atoms with Gasteiger partial charge in [0.05, 0.1) is 16.0 Å². The molecule has 0 saturated carbocycles. The van der Waals surface area contributed by atoms with Crippen molar-refractivity contribution in [2.45, 2.75) is 58.4 Å². The molecule has 0 aliphatic rings. The normalized spacial score (nSPS) is 11.1. The Kier molecular flexibility index (Phi) is 5.75. The van der Waals surface area contributed by atoms with Gasteiger partial charge in [-0.25, -0.2) is 4.79 Å². The highest BCUT2D eigenvalue weighted by Gasteiger charge is 2.11. The summed E-state index contributed by atoms with van der Waals surface area (Å²) in [5.74, 6) is 0. The Morgan fingerprint density at radius 3 is 2.50 bits per heavy atom. The summed E-state index contributed by atoms with van der Waals surface area (Å²) in [7, 11) is 0. The number of hydrogen-bond donors (Lipinski definition) is 1. The molecule has 0 fully saturated rings. The van der Waals surface area contributed by atoms with Gasteiger partial charge in [0.2, 0.25) is 0 Å². The molecule has 0 aliphatic heterocycles. The summed E-state index contributed by atoms with van der Waals surface area (Å²) >= 11 is 0. The number of benzene rings is 1. The SMILES string of the molecule is CCCCCCCCCn1c(=O)[nH]c2cc([N+](=O)[O-])ccc21. The fourth-order valence-corrected chi connectivity index (χ4v) is 2.71. The van der Waals surface area contributed by atoms with Crippen LogP contribution in [0.15, 0.2) is 23.0 Å². The van der Waals surface area contributed by atoms with E-state index in [4.69, 9.17) is 0 Å². The van der Waals surface area contributed by atoms with Gasteiger partial charge in [0.25, 0.3) is 5.69 Å². The Hall–Kier alpha value is -2.11. The van der Waals surface area contributed by atoms with E-state index in [9.17, 15) is 14.9 Å². The van der Waals surface area contributed by atoms with E-state index < -0.39 is 4.92 Å². The van der Waals surface area contributed by atoms with Crippen molar-refractivity contribution in [2.24, 2.45) is 0 Å². The fraction of sp³-hybridized carbons (Fsp3) is 0.562. The van der Waals surface area contributed by atoms with Crippen LogP contribution in [0.2, 0.25) is 0 Å². The number of nitro groups is 1. The van der Waals surface area contributed by atoms with Crippen LogP contribution >= 0.6 is 0 Å². The molecular formula is C16H23N3O3. The molecule has 6 heteroatoms. The van der Waals surface area contributed by atoms with E-state index in [1.165, 1.54) is 44.2 Å². The molecule has 1 aromatic carbocycles. The number of aromatic amines is 1. The fourth-order valence-electron chi connectivity index (χ4n) is 2.71. The van der Waals surface area contributed by atoms with Crippen molar-refractivity contribution in [3.05, 3.63) is 38.8 Å². The summed E-state index contributed by atoms with van der Waals surface area (Å²) < 4.78 is 1.67. The molecule has 0 bridgehead atoms. The summed E-state index contributed by atoms with van der Waals surface area (Å²) in [5, 5.41) is 10.8. The minimum atomic E-state index is -0.453. The van der Waals surface area contributed by atoms with Gasteiger partial charge in [0.15, 0.2) is 0 Å². The standard InChI is InChI=1S/C16H23N3O3/c1-2-3-4-5-6-7-8-11-18-15-10-9-13(19(21)22)12-14(15)17-16(18)20/h9-10,12H,2-8,11H2,1H3,(H,17,20). The minimum Gasteiger partial charge on any atom is -0.305 e. The van der Waals surface area contributed by atoms with Gasteiger partial charge in [-0.05, 0) is 12.5 Å². The molecule has 0 radical (unpaired) electrons. The second-order valence-corrected chi connectivity index (χ2v) is 5.66. The third kappa shape index (κ3) is 3.96. The average Bonchev–Trinajstić information content (AvgIpc) is 2.81. The molecule has 2 rings (SSSR count). The van der Waals surface area contributed by atoms with E-state index in [0.717, 1.165) is 18.4 Å². The Balaban J connectivity index is 1.95. The number of non-ortho nitro benzene ring substituents is 1. The molecule has 2 aromatic rings. The van der Waals surface area contributed by atoms with E-state index in [1.54, 1.807) is 10.6 Å². The van der Waals surface area contributed by atoms with Crippen LogP contribution < -0.4 is 5.69 Å². The number of nitrogens with zero attached hydrogens (tertiary/aromatic N) is 2. The topological polar surface area (TPSA) is 80.9 Å². The molecule has 0 unspecified atom stereocenters. The van der Waals surface area contributed by atoms with Crippen molar-refractivity contribution < 1.29 is 4.92 Å². The lowest BCUT2D eigenvalue weighted by Crippen LogP contribution is -2.16. The van der Waals surface area contributed by atoms with Crippen LogP contribution in [0.3, 0.4) is 0 Å². The van der Waals surface area contributed by atoms with E-state index in [2.05, 4.69) is 11.9 Å². The van der Waals surface area contributed by atoms with Crippen LogP contribution in [0, 0.1) is 10.1 Å². The van der Waals surface area contributed by atoms with Crippen LogP contribution in [0.5, 0.6) is 0 Å². The molecular weight excluding hydrogens is 282 g/mol. The molecule has 0 saturated heterocycles. The third-order valence-corrected chi connectivity index (χ3v) is 3.95. The first kappa shape index (κ1) is 16.3. The molecule has 0 aliphatic carbocycles. The second kappa shape index (κ2) is 7.77. The van der Waals surface area contributed by atoms with Gasteiger partial charge in [-0.2, -0.15) is 0 Å². The summed E-state index contributed by atoms with van der Waals surface area (Å²) in [6.45, 7) is 2.86. The zero-order valence-electron chi connectivity index (χ0n) is 13.0. The Bertz CT molecular complexity index is 687. The first-order valence-corrected chi connectivity index (χ1v) is 8.00. The predicted octanol–water partition coefficient (Wildman–Crippen LogP) is 3.99. The highest BCUT2D eigenvalue weighted by Crippen LogP contribution is 2.18. The summed E-state index contributed by atoms with van der Waals surface area (Å²) in [4.78, 5) is 25.0. The van der Waals surface area contributed by atoms with Crippen molar-refractivity contribution in [2.75, 3.05) is 0 Å². The van der Waals surface area contributed by atoms with Crippen molar-refractivity contribution in [1.82, 2.24) is 9.55 Å². The van der Waals surface area contributed by atoms with Crippen LogP contribution in [0.4, 0.5) is 5.69 Å². The molecule has 22 heavy (non-hydrogen) atoms. The Morgan fingerprint density at radius 2 is 1.82 bits per heavy atom. The third-order valence-electron chi connectivity index (χ3n) is 3.95. The van der Waals surface area contributed by atoms with Gasteiger partial charge < -0.3 is 4.98 Å². The highest BCUT2D eigenvalue weighted by molar-refractivity contribution is 5.77. The van der Waals surface area contributed by atoms with Crippen molar-refractivity contribution >= 4 is 16.7 Å². The molecule has 1 aromatic heterocycles. The maximum Gasteiger partial charge on any atom is 0.326 e. The number of hydrogen-bond acceptors (Lipinski definition) is 3. The Labute approximate surface area is 129 Å². The molecule has 0 spiro atoms. The molecule has 1 heterocycles. The molecule has 1 N–H and O–H groups in total. The summed E-state index contributed by atoms with van der Waals surface area (Å²) in [5.41, 5.74) is 1.07. The number of H-pyrrole nitrogens is 1. The largest absolute Gasteiger partial charge is 0.326 e. The quantitative estimate of drug-likeness (QED) is 0.432. The first-order chi connectivity index (χ1) is 10.6. The van der Waals surface area contributed by atoms with Crippen molar-refractivity contribution in [3.63, 3.8) is 0 Å². The second-order valence-electron chi connectivity index (χ2n) is 5.66. The number of fused-ring (bicyclic) bond motifs is 1. The number of nitro benzene ring substituents is 1. The van der Waals surface area contributed by atoms with Crippen LogP contribution in [-0.2, 0) is 6.54 Å². The lowest BCUT2D eigenvalue weighted by molar-refractivity contribution is -0.384. The highest BCUT2D eigenvalue weighted by atomic mass is 16.6. The van der Waals surface area contributed by atoms with E-state index in [0.29, 0.717) is 12.1 Å². The van der Waals surface area contributed by atoms with Gasteiger partial charge in [-0.1, -0.05) is 45.4 Å². The zero-order chi connectivity index (χ0) is 15.9. The van der Waals surface area contributed by atoms with E-state index >= 15 is 0 Å². The van der Waals surface area contributed by atoms with Gasteiger partial charge in [0, 0.05) is 18.7 Å². The lowest BCUT2D eigenvalue weighted by atomic mass is 10.1. The van der Waals surface area contributed by atoms with Crippen LogP contribution in [0.1, 0.15) is 51.9 Å². The molecule has 120 valence electrons. The number of nitrogens with one attached hydrogen (secondary N) is 1. The van der Waals surface area contributed by atoms with E-state index in [1.807, 2.05) is 0 Å². The maximum atomic E-state index is 12.0. The predicted molar refractivity (Wildman–Crippen MR) is 87.2 cm³/mol. The summed E-state index contributed by atoms with van der Waals surface area (Å²) in [6.07, 6.45) is 8.34.